The molecule has 1 amide bonds. The van der Waals surface area contributed by atoms with E-state index in [1.54, 1.807) is 12.1 Å². The van der Waals surface area contributed by atoms with Gasteiger partial charge in [-0.3, -0.25) is 14.9 Å². The number of furan rings is 1. The van der Waals surface area contributed by atoms with Gasteiger partial charge in [-0.2, -0.15) is 5.10 Å². The third kappa shape index (κ3) is 2.33. The molecule has 0 saturated carbocycles. The van der Waals surface area contributed by atoms with Gasteiger partial charge in [0.15, 0.2) is 5.76 Å². The second-order valence-electron chi connectivity index (χ2n) is 4.43. The molecule has 2 aromatic heterocycles. The van der Waals surface area contributed by atoms with E-state index in [-0.39, 0.29) is 17.0 Å². The van der Waals surface area contributed by atoms with E-state index in [9.17, 15) is 14.9 Å². The highest BCUT2D eigenvalue weighted by Gasteiger charge is 2.21. The highest BCUT2D eigenvalue weighted by molar-refractivity contribution is 5.98. The molecule has 0 bridgehead atoms. The average molecular weight is 298 g/mol. The number of nitrogens with zero attached hydrogens (tertiary/aromatic N) is 3. The maximum absolute atomic E-state index is 11.6. The van der Waals surface area contributed by atoms with Crippen LogP contribution in [0.15, 0.2) is 53.1 Å². The normalized spacial score (nSPS) is 10.5. The lowest BCUT2D eigenvalue weighted by molar-refractivity contribution is -0.401. The molecule has 0 spiro atoms. The fourth-order valence-electron chi connectivity index (χ4n) is 2.00. The zero-order chi connectivity index (χ0) is 15.7. The molecule has 0 fully saturated rings. The van der Waals surface area contributed by atoms with Crippen molar-refractivity contribution in [2.45, 2.75) is 0 Å². The van der Waals surface area contributed by atoms with Crippen molar-refractivity contribution >= 4 is 11.8 Å². The third-order valence-corrected chi connectivity index (χ3v) is 3.01. The Morgan fingerprint density at radius 2 is 1.95 bits per heavy atom. The predicted octanol–water partition coefficient (Wildman–Crippen LogP) is 2.14. The van der Waals surface area contributed by atoms with E-state index in [0.29, 0.717) is 0 Å². The van der Waals surface area contributed by atoms with Crippen molar-refractivity contribution in [3.63, 3.8) is 0 Å². The van der Waals surface area contributed by atoms with Crippen molar-refractivity contribution in [1.29, 1.82) is 0 Å². The number of aromatic nitrogens is 2. The number of amides is 1. The zero-order valence-corrected chi connectivity index (χ0v) is 11.2. The quantitative estimate of drug-likeness (QED) is 0.585. The van der Waals surface area contributed by atoms with Crippen LogP contribution in [-0.2, 0) is 0 Å². The smallest absolute Gasteiger partial charge is 0.399 e. The van der Waals surface area contributed by atoms with Crippen LogP contribution in [0, 0.1) is 10.1 Å². The molecule has 1 aromatic carbocycles. The van der Waals surface area contributed by atoms with E-state index >= 15 is 0 Å². The number of hydrogen-bond donors (Lipinski definition) is 1. The van der Waals surface area contributed by atoms with Crippen LogP contribution in [-0.4, -0.2) is 20.6 Å². The van der Waals surface area contributed by atoms with Gasteiger partial charge in [-0.15, -0.1) is 0 Å². The summed E-state index contributed by atoms with van der Waals surface area (Å²) in [7, 11) is 0. The van der Waals surface area contributed by atoms with Crippen molar-refractivity contribution in [1.82, 2.24) is 9.78 Å². The topological polar surface area (TPSA) is 117 Å². The maximum Gasteiger partial charge on any atom is 0.433 e. The van der Waals surface area contributed by atoms with Gasteiger partial charge in [0.05, 0.1) is 17.3 Å². The minimum atomic E-state index is -0.698. The molecule has 2 N–H and O–H groups in total. The van der Waals surface area contributed by atoms with Crippen LogP contribution >= 0.6 is 0 Å². The number of primary amides is 1. The first kappa shape index (κ1) is 13.6. The van der Waals surface area contributed by atoms with Crippen LogP contribution in [0.25, 0.3) is 17.1 Å². The molecule has 0 atom stereocenters. The van der Waals surface area contributed by atoms with Crippen molar-refractivity contribution in [3.8, 4) is 17.1 Å². The van der Waals surface area contributed by atoms with Gasteiger partial charge in [0, 0.05) is 6.20 Å². The molecule has 0 unspecified atom stereocenters. The standard InChI is InChI=1S/C14H10N4O4/c15-14(19)10-8-17(9-4-2-1-3-5-9)16-13(10)11-6-7-12(22-11)18(20)21/h1-8H,(H2,15,19). The lowest BCUT2D eigenvalue weighted by atomic mass is 10.2. The Morgan fingerprint density at radius 3 is 2.55 bits per heavy atom. The minimum Gasteiger partial charge on any atom is -0.399 e. The van der Waals surface area contributed by atoms with Gasteiger partial charge in [0.25, 0.3) is 5.91 Å². The third-order valence-electron chi connectivity index (χ3n) is 3.01. The van der Waals surface area contributed by atoms with E-state index in [2.05, 4.69) is 5.10 Å². The van der Waals surface area contributed by atoms with Crippen LogP contribution in [0.3, 0.4) is 0 Å². The van der Waals surface area contributed by atoms with E-state index in [1.165, 1.54) is 23.0 Å². The monoisotopic (exact) mass is 298 g/mol. The molecule has 8 nitrogen and oxygen atoms in total. The van der Waals surface area contributed by atoms with Crippen molar-refractivity contribution in [3.05, 3.63) is 64.3 Å². The van der Waals surface area contributed by atoms with Gasteiger partial charge in [-0.1, -0.05) is 18.2 Å². The van der Waals surface area contributed by atoms with Crippen molar-refractivity contribution in [2.75, 3.05) is 0 Å². The molecule has 0 aliphatic heterocycles. The van der Waals surface area contributed by atoms with Crippen LogP contribution in [0.2, 0.25) is 0 Å². The zero-order valence-electron chi connectivity index (χ0n) is 11.2. The Hall–Kier alpha value is -3.42. The summed E-state index contributed by atoms with van der Waals surface area (Å²) < 4.78 is 6.55. The number of benzene rings is 1. The summed E-state index contributed by atoms with van der Waals surface area (Å²) in [6.07, 6.45) is 1.46. The Bertz CT molecular complexity index is 851. The number of rotatable bonds is 4. The first-order valence-electron chi connectivity index (χ1n) is 6.26. The number of carbonyl (C=O) groups excluding carboxylic acids is 1. The maximum atomic E-state index is 11.6. The molecule has 2 heterocycles. The summed E-state index contributed by atoms with van der Waals surface area (Å²) >= 11 is 0. The van der Waals surface area contributed by atoms with Gasteiger partial charge >= 0.3 is 5.88 Å². The Morgan fingerprint density at radius 1 is 1.23 bits per heavy atom. The van der Waals surface area contributed by atoms with Gasteiger partial charge in [0.2, 0.25) is 0 Å². The Labute approximate surface area is 123 Å². The molecule has 0 aliphatic carbocycles. The van der Waals surface area contributed by atoms with Crippen molar-refractivity contribution < 1.29 is 14.1 Å². The second kappa shape index (κ2) is 5.17. The van der Waals surface area contributed by atoms with Crippen LogP contribution in [0.4, 0.5) is 5.88 Å². The molecule has 110 valence electrons. The average Bonchev–Trinajstić information content (AvgIpc) is 3.15. The fourth-order valence-corrected chi connectivity index (χ4v) is 2.00. The summed E-state index contributed by atoms with van der Waals surface area (Å²) in [5, 5.41) is 14.9. The molecular formula is C14H10N4O4. The summed E-state index contributed by atoms with van der Waals surface area (Å²) in [5.74, 6) is -1.02. The van der Waals surface area contributed by atoms with E-state index in [4.69, 9.17) is 10.2 Å². The molecule has 0 radical (unpaired) electrons. The molecular weight excluding hydrogens is 288 g/mol. The molecule has 3 aromatic rings. The largest absolute Gasteiger partial charge is 0.433 e. The molecule has 0 aliphatic rings. The van der Waals surface area contributed by atoms with Gasteiger partial charge in [-0.05, 0) is 18.2 Å². The summed E-state index contributed by atoms with van der Waals surface area (Å²) in [6.45, 7) is 0. The number of nitro groups is 1. The first-order valence-corrected chi connectivity index (χ1v) is 6.26. The van der Waals surface area contributed by atoms with Crippen molar-refractivity contribution in [2.24, 2.45) is 5.73 Å². The van der Waals surface area contributed by atoms with E-state index in [0.717, 1.165) is 5.69 Å². The highest BCUT2D eigenvalue weighted by atomic mass is 16.6. The van der Waals surface area contributed by atoms with E-state index < -0.39 is 16.7 Å². The lowest BCUT2D eigenvalue weighted by Crippen LogP contribution is -2.11. The van der Waals surface area contributed by atoms with Gasteiger partial charge < -0.3 is 10.2 Å². The number of para-hydroxylation sites is 1. The SMILES string of the molecule is NC(=O)c1cn(-c2ccccc2)nc1-c1ccc([N+](=O)[O-])o1. The first-order chi connectivity index (χ1) is 10.6. The number of hydrogen-bond acceptors (Lipinski definition) is 5. The van der Waals surface area contributed by atoms with E-state index in [1.807, 2.05) is 18.2 Å². The summed E-state index contributed by atoms with van der Waals surface area (Å²) in [4.78, 5) is 21.6. The molecule has 22 heavy (non-hydrogen) atoms. The second-order valence-corrected chi connectivity index (χ2v) is 4.43. The molecule has 3 rings (SSSR count). The van der Waals surface area contributed by atoms with Crippen LogP contribution < -0.4 is 5.73 Å². The summed E-state index contributed by atoms with van der Waals surface area (Å²) in [6, 6.07) is 11.7. The number of carbonyl (C=O) groups is 1. The van der Waals surface area contributed by atoms with Crippen LogP contribution in [0.1, 0.15) is 10.4 Å². The summed E-state index contributed by atoms with van der Waals surface area (Å²) in [5.41, 5.74) is 6.34. The number of nitrogens with two attached hydrogens (primary N) is 1. The fraction of sp³-hybridized carbons (Fsp3) is 0. The minimum absolute atomic E-state index is 0.107. The molecule has 8 heteroatoms. The Balaban J connectivity index is 2.12. The highest BCUT2D eigenvalue weighted by Crippen LogP contribution is 2.28. The predicted molar refractivity (Wildman–Crippen MR) is 76.4 cm³/mol. The molecule has 0 saturated heterocycles. The lowest BCUT2D eigenvalue weighted by Gasteiger charge is -1.98. The van der Waals surface area contributed by atoms with Crippen LogP contribution in [0.5, 0.6) is 0 Å². The van der Waals surface area contributed by atoms with Gasteiger partial charge in [-0.25, -0.2) is 4.68 Å². The Kier molecular flexibility index (Phi) is 3.18. The van der Waals surface area contributed by atoms with Gasteiger partial charge in [0.1, 0.15) is 10.6 Å².